The lowest BCUT2D eigenvalue weighted by Crippen LogP contribution is -1.93. The molecule has 25 heavy (non-hydrogen) atoms. The van der Waals surface area contributed by atoms with Gasteiger partial charge in [-0.1, -0.05) is 30.3 Å². The first-order valence-electron chi connectivity index (χ1n) is 7.77. The molecule has 0 aliphatic rings. The van der Waals surface area contributed by atoms with E-state index in [1.807, 2.05) is 48.5 Å². The summed E-state index contributed by atoms with van der Waals surface area (Å²) in [7, 11) is 0. The quantitative estimate of drug-likeness (QED) is 0.397. The fraction of sp³-hybridized carbons (Fsp3) is 0. The molecule has 0 N–H and O–H groups in total. The first-order chi connectivity index (χ1) is 12.2. The van der Waals surface area contributed by atoms with E-state index in [1.54, 1.807) is 24.5 Å². The van der Waals surface area contributed by atoms with Gasteiger partial charge in [0.1, 0.15) is 0 Å². The SMILES string of the molecule is O=[N+]([O-])c1ccc2nc(-c3cccnc3)cc(-c3ccccc3)c2c1. The highest BCUT2D eigenvalue weighted by Crippen LogP contribution is 2.33. The van der Waals surface area contributed by atoms with Gasteiger partial charge in [-0.3, -0.25) is 15.1 Å². The minimum atomic E-state index is -0.386. The van der Waals surface area contributed by atoms with Gasteiger partial charge >= 0.3 is 0 Å². The number of benzene rings is 2. The molecule has 0 amide bonds. The van der Waals surface area contributed by atoms with Gasteiger partial charge in [-0.15, -0.1) is 0 Å². The lowest BCUT2D eigenvalue weighted by molar-refractivity contribution is -0.384. The number of non-ortho nitro benzene ring substituents is 1. The first-order valence-corrected chi connectivity index (χ1v) is 7.77. The summed E-state index contributed by atoms with van der Waals surface area (Å²) in [5.74, 6) is 0. The molecule has 2 aromatic heterocycles. The summed E-state index contributed by atoms with van der Waals surface area (Å²) in [5, 5.41) is 11.9. The topological polar surface area (TPSA) is 68.9 Å². The Balaban J connectivity index is 2.03. The van der Waals surface area contributed by atoms with Crippen molar-refractivity contribution in [3.8, 4) is 22.4 Å². The van der Waals surface area contributed by atoms with Crippen molar-refractivity contribution in [2.75, 3.05) is 0 Å². The van der Waals surface area contributed by atoms with Crippen molar-refractivity contribution in [2.45, 2.75) is 0 Å². The van der Waals surface area contributed by atoms with E-state index in [2.05, 4.69) is 9.97 Å². The predicted molar refractivity (Wildman–Crippen MR) is 97.1 cm³/mol. The third-order valence-corrected chi connectivity index (χ3v) is 4.05. The van der Waals surface area contributed by atoms with E-state index in [1.165, 1.54) is 6.07 Å². The number of nitro groups is 1. The van der Waals surface area contributed by atoms with Crippen LogP contribution in [-0.4, -0.2) is 14.9 Å². The Morgan fingerprint density at radius 2 is 1.68 bits per heavy atom. The summed E-state index contributed by atoms with van der Waals surface area (Å²) < 4.78 is 0. The van der Waals surface area contributed by atoms with Crippen LogP contribution in [0.15, 0.2) is 79.1 Å². The van der Waals surface area contributed by atoms with Crippen LogP contribution >= 0.6 is 0 Å². The predicted octanol–water partition coefficient (Wildman–Crippen LogP) is 4.87. The molecular weight excluding hydrogens is 314 g/mol. The van der Waals surface area contributed by atoms with E-state index in [4.69, 9.17) is 0 Å². The van der Waals surface area contributed by atoms with Crippen molar-refractivity contribution in [1.82, 2.24) is 9.97 Å². The second-order valence-corrected chi connectivity index (χ2v) is 5.62. The third kappa shape index (κ3) is 2.83. The number of hydrogen-bond acceptors (Lipinski definition) is 4. The maximum atomic E-state index is 11.2. The molecule has 0 atom stereocenters. The average Bonchev–Trinajstić information content (AvgIpc) is 2.68. The largest absolute Gasteiger partial charge is 0.270 e. The monoisotopic (exact) mass is 327 g/mol. The fourth-order valence-electron chi connectivity index (χ4n) is 2.85. The van der Waals surface area contributed by atoms with E-state index in [9.17, 15) is 10.1 Å². The molecule has 0 saturated heterocycles. The smallest absolute Gasteiger partial charge is 0.264 e. The van der Waals surface area contributed by atoms with Crippen molar-refractivity contribution in [3.63, 3.8) is 0 Å². The van der Waals surface area contributed by atoms with Gasteiger partial charge < -0.3 is 0 Å². The summed E-state index contributed by atoms with van der Waals surface area (Å²) in [4.78, 5) is 19.6. The minimum absolute atomic E-state index is 0.0561. The van der Waals surface area contributed by atoms with E-state index < -0.39 is 0 Å². The zero-order chi connectivity index (χ0) is 17.2. The van der Waals surface area contributed by atoms with Crippen LogP contribution in [0.25, 0.3) is 33.3 Å². The molecule has 5 nitrogen and oxygen atoms in total. The van der Waals surface area contributed by atoms with Gasteiger partial charge in [0.25, 0.3) is 5.69 Å². The Kier molecular flexibility index (Phi) is 3.67. The maximum absolute atomic E-state index is 11.2. The molecule has 0 saturated carbocycles. The number of nitrogens with zero attached hydrogens (tertiary/aromatic N) is 3. The average molecular weight is 327 g/mol. The van der Waals surface area contributed by atoms with Crippen molar-refractivity contribution in [3.05, 3.63) is 89.2 Å². The van der Waals surface area contributed by atoms with Crippen LogP contribution in [0.2, 0.25) is 0 Å². The summed E-state index contributed by atoms with van der Waals surface area (Å²) in [5.41, 5.74) is 4.35. The molecule has 0 aliphatic carbocycles. The summed E-state index contributed by atoms with van der Waals surface area (Å²) in [6.07, 6.45) is 3.47. The third-order valence-electron chi connectivity index (χ3n) is 4.05. The van der Waals surface area contributed by atoms with Gasteiger partial charge in [0.2, 0.25) is 0 Å². The van der Waals surface area contributed by atoms with Gasteiger partial charge in [0.15, 0.2) is 0 Å². The minimum Gasteiger partial charge on any atom is -0.264 e. The number of pyridine rings is 2. The standard InChI is InChI=1S/C20H13N3O2/c24-23(25)16-8-9-19-18(11-16)17(14-5-2-1-3-6-14)12-20(22-19)15-7-4-10-21-13-15/h1-13H. The molecule has 4 aromatic rings. The van der Waals surface area contributed by atoms with Crippen molar-refractivity contribution >= 4 is 16.6 Å². The van der Waals surface area contributed by atoms with E-state index in [0.717, 1.165) is 27.8 Å². The molecule has 0 bridgehead atoms. The highest BCUT2D eigenvalue weighted by Gasteiger charge is 2.13. The molecule has 0 aliphatic heterocycles. The molecule has 4 rings (SSSR count). The lowest BCUT2D eigenvalue weighted by Gasteiger charge is -2.10. The molecule has 0 unspecified atom stereocenters. The number of nitro benzene ring substituents is 1. The van der Waals surface area contributed by atoms with E-state index >= 15 is 0 Å². The van der Waals surface area contributed by atoms with Gasteiger partial charge in [-0.05, 0) is 35.4 Å². The van der Waals surface area contributed by atoms with Gasteiger partial charge in [-0.25, -0.2) is 4.98 Å². The molecule has 5 heteroatoms. The van der Waals surface area contributed by atoms with E-state index in [0.29, 0.717) is 5.52 Å². The Bertz CT molecular complexity index is 1060. The molecule has 2 heterocycles. The van der Waals surface area contributed by atoms with Crippen LogP contribution in [0.3, 0.4) is 0 Å². The number of fused-ring (bicyclic) bond motifs is 1. The van der Waals surface area contributed by atoms with Gasteiger partial charge in [0.05, 0.1) is 16.1 Å². The summed E-state index contributed by atoms with van der Waals surface area (Å²) in [6, 6.07) is 20.3. The normalized spacial score (nSPS) is 10.7. The molecule has 2 aromatic carbocycles. The zero-order valence-electron chi connectivity index (χ0n) is 13.2. The molecule has 0 fully saturated rings. The molecule has 0 radical (unpaired) electrons. The van der Waals surface area contributed by atoms with E-state index in [-0.39, 0.29) is 10.6 Å². The first kappa shape index (κ1) is 15.0. The van der Waals surface area contributed by atoms with Crippen LogP contribution in [0.1, 0.15) is 0 Å². The van der Waals surface area contributed by atoms with Crippen LogP contribution in [0, 0.1) is 10.1 Å². The van der Waals surface area contributed by atoms with Gasteiger partial charge in [0, 0.05) is 35.5 Å². The van der Waals surface area contributed by atoms with Crippen molar-refractivity contribution in [2.24, 2.45) is 0 Å². The molecular formula is C20H13N3O2. The summed E-state index contributed by atoms with van der Waals surface area (Å²) >= 11 is 0. The highest BCUT2D eigenvalue weighted by molar-refractivity contribution is 5.97. The fourth-order valence-corrected chi connectivity index (χ4v) is 2.85. The van der Waals surface area contributed by atoms with Crippen LogP contribution in [0.5, 0.6) is 0 Å². The second-order valence-electron chi connectivity index (χ2n) is 5.62. The van der Waals surface area contributed by atoms with Crippen LogP contribution in [-0.2, 0) is 0 Å². The van der Waals surface area contributed by atoms with Gasteiger partial charge in [-0.2, -0.15) is 0 Å². The Morgan fingerprint density at radius 1 is 0.880 bits per heavy atom. The van der Waals surface area contributed by atoms with Crippen LogP contribution < -0.4 is 0 Å². The van der Waals surface area contributed by atoms with Crippen molar-refractivity contribution in [1.29, 1.82) is 0 Å². The number of hydrogen-bond donors (Lipinski definition) is 0. The lowest BCUT2D eigenvalue weighted by atomic mass is 9.98. The Labute approximate surface area is 143 Å². The molecule has 120 valence electrons. The van der Waals surface area contributed by atoms with Crippen molar-refractivity contribution < 1.29 is 4.92 Å². The zero-order valence-corrected chi connectivity index (χ0v) is 13.2. The summed E-state index contributed by atoms with van der Waals surface area (Å²) in [6.45, 7) is 0. The molecule has 0 spiro atoms. The second kappa shape index (κ2) is 6.13. The Hall–Kier alpha value is -3.60. The van der Waals surface area contributed by atoms with Crippen LogP contribution in [0.4, 0.5) is 5.69 Å². The number of aromatic nitrogens is 2. The number of rotatable bonds is 3. The highest BCUT2D eigenvalue weighted by atomic mass is 16.6. The Morgan fingerprint density at radius 3 is 2.40 bits per heavy atom. The maximum Gasteiger partial charge on any atom is 0.270 e.